The van der Waals surface area contributed by atoms with Gasteiger partial charge in [-0.15, -0.1) is 0 Å². The van der Waals surface area contributed by atoms with Crippen molar-refractivity contribution in [2.24, 2.45) is 0 Å². The first-order chi connectivity index (χ1) is 9.15. The van der Waals surface area contributed by atoms with Gasteiger partial charge in [0.15, 0.2) is 6.10 Å². The molecule has 0 aromatic rings. The number of unbranched alkanes of at least 4 members (excludes halogenated alkanes) is 2. The summed E-state index contributed by atoms with van der Waals surface area (Å²) in [4.78, 5) is 23.2. The van der Waals surface area contributed by atoms with Crippen LogP contribution in [-0.4, -0.2) is 37.9 Å². The van der Waals surface area contributed by atoms with Gasteiger partial charge in [-0.25, -0.2) is 4.79 Å². The van der Waals surface area contributed by atoms with E-state index in [0.717, 1.165) is 25.7 Å². The lowest BCUT2D eigenvalue weighted by Crippen LogP contribution is -2.30. The van der Waals surface area contributed by atoms with Crippen molar-refractivity contribution in [1.82, 2.24) is 0 Å². The molecule has 0 spiro atoms. The maximum Gasteiger partial charge on any atom is 0.335 e. The Hall–Kier alpha value is -1.10. The molecule has 5 nitrogen and oxygen atoms in total. The molecule has 0 amide bonds. The van der Waals surface area contributed by atoms with Crippen LogP contribution in [0.3, 0.4) is 0 Å². The van der Waals surface area contributed by atoms with Crippen LogP contribution in [0.2, 0.25) is 0 Å². The van der Waals surface area contributed by atoms with Crippen LogP contribution in [-0.2, 0) is 23.8 Å². The molecule has 0 aromatic heterocycles. The summed E-state index contributed by atoms with van der Waals surface area (Å²) in [6, 6.07) is 0. The van der Waals surface area contributed by atoms with E-state index in [1.165, 1.54) is 0 Å². The van der Waals surface area contributed by atoms with Crippen LogP contribution in [0.4, 0.5) is 0 Å². The molecule has 112 valence electrons. The Morgan fingerprint density at radius 2 is 1.53 bits per heavy atom. The van der Waals surface area contributed by atoms with E-state index in [9.17, 15) is 9.59 Å². The third kappa shape index (κ3) is 9.47. The first-order valence-corrected chi connectivity index (χ1v) is 7.09. The van der Waals surface area contributed by atoms with E-state index >= 15 is 0 Å². The molecule has 0 unspecified atom stereocenters. The monoisotopic (exact) mass is 274 g/mol. The minimum atomic E-state index is -0.851. The lowest BCUT2D eigenvalue weighted by Gasteiger charge is -2.15. The fourth-order valence-corrected chi connectivity index (χ4v) is 1.36. The summed E-state index contributed by atoms with van der Waals surface area (Å²) in [6.07, 6.45) is 2.61. The topological polar surface area (TPSA) is 61.8 Å². The van der Waals surface area contributed by atoms with Crippen LogP contribution in [0.15, 0.2) is 0 Å². The normalized spacial score (nSPS) is 11.9. The lowest BCUT2D eigenvalue weighted by molar-refractivity contribution is -0.163. The number of hydrogen-bond acceptors (Lipinski definition) is 5. The van der Waals surface area contributed by atoms with Crippen LogP contribution < -0.4 is 0 Å². The van der Waals surface area contributed by atoms with Crippen LogP contribution in [0.1, 0.15) is 52.9 Å². The Morgan fingerprint density at radius 1 is 0.947 bits per heavy atom. The summed E-state index contributed by atoms with van der Waals surface area (Å²) in [7, 11) is 0. The molecule has 0 aliphatic heterocycles. The van der Waals surface area contributed by atoms with Crippen LogP contribution in [0.5, 0.6) is 0 Å². The van der Waals surface area contributed by atoms with Crippen molar-refractivity contribution in [1.29, 1.82) is 0 Å². The summed E-state index contributed by atoms with van der Waals surface area (Å²) in [6.45, 7) is 6.91. The number of ether oxygens (including phenoxy) is 3. The van der Waals surface area contributed by atoms with Crippen LogP contribution in [0, 0.1) is 0 Å². The Labute approximate surface area is 115 Å². The average molecular weight is 274 g/mol. The molecule has 0 fully saturated rings. The molecular formula is C14H26O5. The van der Waals surface area contributed by atoms with E-state index in [1.807, 2.05) is 13.8 Å². The van der Waals surface area contributed by atoms with Gasteiger partial charge in [-0.3, -0.25) is 4.79 Å². The van der Waals surface area contributed by atoms with Gasteiger partial charge in [0.2, 0.25) is 0 Å². The summed E-state index contributed by atoms with van der Waals surface area (Å²) < 4.78 is 15.3. The fraction of sp³-hybridized carbons (Fsp3) is 0.857. The van der Waals surface area contributed by atoms with E-state index in [4.69, 9.17) is 14.2 Å². The highest BCUT2D eigenvalue weighted by atomic mass is 16.6. The molecule has 0 aliphatic carbocycles. The maximum absolute atomic E-state index is 11.7. The number of esters is 2. The second kappa shape index (κ2) is 12.0. The third-order valence-electron chi connectivity index (χ3n) is 2.49. The third-order valence-corrected chi connectivity index (χ3v) is 2.49. The SMILES string of the molecule is CCCCOC(=O)C[C@H](OCC)C(=O)OCCCC. The zero-order valence-electron chi connectivity index (χ0n) is 12.3. The molecule has 0 rings (SSSR count). The van der Waals surface area contributed by atoms with Crippen molar-refractivity contribution in [2.45, 2.75) is 59.0 Å². The zero-order valence-corrected chi connectivity index (χ0v) is 12.3. The molecule has 5 heteroatoms. The highest BCUT2D eigenvalue weighted by molar-refractivity contribution is 5.81. The average Bonchev–Trinajstić information content (AvgIpc) is 2.38. The molecule has 0 N–H and O–H groups in total. The van der Waals surface area contributed by atoms with E-state index in [0.29, 0.717) is 19.8 Å². The number of hydrogen-bond donors (Lipinski definition) is 0. The van der Waals surface area contributed by atoms with E-state index < -0.39 is 18.0 Å². The van der Waals surface area contributed by atoms with Crippen molar-refractivity contribution >= 4 is 11.9 Å². The highest BCUT2D eigenvalue weighted by Gasteiger charge is 2.24. The van der Waals surface area contributed by atoms with Gasteiger partial charge in [-0.05, 0) is 19.8 Å². The Morgan fingerprint density at radius 3 is 2.05 bits per heavy atom. The van der Waals surface area contributed by atoms with Gasteiger partial charge in [0.1, 0.15) is 0 Å². The van der Waals surface area contributed by atoms with E-state index in [-0.39, 0.29) is 6.42 Å². The summed E-state index contributed by atoms with van der Waals surface area (Å²) in [5.74, 6) is -0.901. The van der Waals surface area contributed by atoms with Gasteiger partial charge in [-0.1, -0.05) is 26.7 Å². The first kappa shape index (κ1) is 17.9. The Kier molecular flexibility index (Phi) is 11.3. The highest BCUT2D eigenvalue weighted by Crippen LogP contribution is 2.05. The number of rotatable bonds is 11. The number of carbonyl (C=O) groups is 2. The van der Waals surface area contributed by atoms with Crippen molar-refractivity contribution in [3.05, 3.63) is 0 Å². The molecule has 0 aromatic carbocycles. The molecule has 1 atom stereocenters. The van der Waals surface area contributed by atoms with Crippen molar-refractivity contribution in [3.8, 4) is 0 Å². The Bertz CT molecular complexity index is 252. The summed E-state index contributed by atoms with van der Waals surface area (Å²) >= 11 is 0. The quantitative estimate of drug-likeness (QED) is 0.428. The van der Waals surface area contributed by atoms with Crippen molar-refractivity contribution in [2.75, 3.05) is 19.8 Å². The van der Waals surface area contributed by atoms with Gasteiger partial charge in [0.25, 0.3) is 0 Å². The number of carbonyl (C=O) groups excluding carboxylic acids is 2. The molecule has 0 bridgehead atoms. The fourth-order valence-electron chi connectivity index (χ4n) is 1.36. The van der Waals surface area contributed by atoms with Crippen LogP contribution >= 0.6 is 0 Å². The Balaban J connectivity index is 4.08. The standard InChI is InChI=1S/C14H26O5/c1-4-7-9-18-13(15)11-12(17-6-3)14(16)19-10-8-5-2/h12H,4-11H2,1-3H3/t12-/m0/s1. The molecule has 0 heterocycles. The first-order valence-electron chi connectivity index (χ1n) is 7.09. The predicted octanol–water partition coefficient (Wildman–Crippen LogP) is 2.47. The smallest absolute Gasteiger partial charge is 0.335 e. The molecule has 0 saturated heterocycles. The summed E-state index contributed by atoms with van der Waals surface area (Å²) in [5.41, 5.74) is 0. The molecule has 19 heavy (non-hydrogen) atoms. The molecule has 0 radical (unpaired) electrons. The second-order valence-corrected chi connectivity index (χ2v) is 4.24. The van der Waals surface area contributed by atoms with E-state index in [1.54, 1.807) is 6.92 Å². The van der Waals surface area contributed by atoms with Gasteiger partial charge in [0, 0.05) is 6.61 Å². The minimum Gasteiger partial charge on any atom is -0.466 e. The molecule has 0 saturated carbocycles. The van der Waals surface area contributed by atoms with Crippen molar-refractivity contribution in [3.63, 3.8) is 0 Å². The maximum atomic E-state index is 11.7. The second-order valence-electron chi connectivity index (χ2n) is 4.24. The van der Waals surface area contributed by atoms with Gasteiger partial charge in [0.05, 0.1) is 19.6 Å². The van der Waals surface area contributed by atoms with Gasteiger partial charge < -0.3 is 14.2 Å². The lowest BCUT2D eigenvalue weighted by atomic mass is 10.2. The largest absolute Gasteiger partial charge is 0.466 e. The van der Waals surface area contributed by atoms with Gasteiger partial charge in [-0.2, -0.15) is 0 Å². The molecule has 0 aliphatic rings. The molecular weight excluding hydrogens is 248 g/mol. The van der Waals surface area contributed by atoms with Gasteiger partial charge >= 0.3 is 11.9 Å². The minimum absolute atomic E-state index is 0.0808. The van der Waals surface area contributed by atoms with Crippen molar-refractivity contribution < 1.29 is 23.8 Å². The zero-order chi connectivity index (χ0) is 14.5. The summed E-state index contributed by atoms with van der Waals surface area (Å²) in [5, 5.41) is 0. The van der Waals surface area contributed by atoms with Crippen LogP contribution in [0.25, 0.3) is 0 Å². The predicted molar refractivity (Wildman–Crippen MR) is 71.8 cm³/mol. The van der Waals surface area contributed by atoms with E-state index in [2.05, 4.69) is 0 Å².